The fraction of sp³-hybridized carbons (Fsp3) is 0.214. The van der Waals surface area contributed by atoms with E-state index in [1.165, 1.54) is 0 Å². The van der Waals surface area contributed by atoms with Crippen LogP contribution in [0.25, 0.3) is 0 Å². The smallest absolute Gasteiger partial charge is 0.322 e. The number of halogens is 1. The number of ether oxygens (including phenoxy) is 1. The molecule has 0 saturated carbocycles. The van der Waals surface area contributed by atoms with Gasteiger partial charge in [-0.25, -0.2) is 4.98 Å². The predicted molar refractivity (Wildman–Crippen MR) is 86.2 cm³/mol. The molecule has 1 aromatic carbocycles. The standard InChI is InChI=1S/C14H14BrN3OS/c1-8(2)10-7-9(15)3-4-12(10)19-14-17-6-5-11(18-14)13(16)20/h3-8H,1-2H3,(H2,16,20). The van der Waals surface area contributed by atoms with Crippen molar-refractivity contribution < 1.29 is 4.74 Å². The zero-order valence-electron chi connectivity index (χ0n) is 11.1. The summed E-state index contributed by atoms with van der Waals surface area (Å²) in [6.45, 7) is 4.20. The average molecular weight is 352 g/mol. The third-order valence-electron chi connectivity index (χ3n) is 2.68. The van der Waals surface area contributed by atoms with Crippen molar-refractivity contribution in [1.82, 2.24) is 9.97 Å². The molecule has 0 radical (unpaired) electrons. The van der Waals surface area contributed by atoms with Gasteiger partial charge in [-0.3, -0.25) is 0 Å². The molecule has 1 heterocycles. The van der Waals surface area contributed by atoms with E-state index in [-0.39, 0.29) is 11.0 Å². The predicted octanol–water partition coefficient (Wildman–Crippen LogP) is 3.79. The van der Waals surface area contributed by atoms with Crippen molar-refractivity contribution >= 4 is 33.1 Å². The van der Waals surface area contributed by atoms with E-state index >= 15 is 0 Å². The highest BCUT2D eigenvalue weighted by molar-refractivity contribution is 9.10. The number of aromatic nitrogens is 2. The number of rotatable bonds is 4. The number of thiocarbonyl (C=S) groups is 1. The van der Waals surface area contributed by atoms with Crippen molar-refractivity contribution in [1.29, 1.82) is 0 Å². The molecule has 104 valence electrons. The number of hydrogen-bond acceptors (Lipinski definition) is 4. The highest BCUT2D eigenvalue weighted by Gasteiger charge is 2.11. The van der Waals surface area contributed by atoms with Crippen LogP contribution in [-0.2, 0) is 0 Å². The van der Waals surface area contributed by atoms with Crippen LogP contribution < -0.4 is 10.5 Å². The van der Waals surface area contributed by atoms with Gasteiger partial charge in [0.15, 0.2) is 0 Å². The Hall–Kier alpha value is -1.53. The normalized spacial score (nSPS) is 10.6. The van der Waals surface area contributed by atoms with E-state index in [1.807, 2.05) is 18.2 Å². The minimum absolute atomic E-state index is 0.220. The number of benzene rings is 1. The third-order valence-corrected chi connectivity index (χ3v) is 3.38. The fourth-order valence-corrected chi connectivity index (χ4v) is 2.18. The van der Waals surface area contributed by atoms with E-state index in [2.05, 4.69) is 39.7 Å². The summed E-state index contributed by atoms with van der Waals surface area (Å²) in [6, 6.07) is 7.71. The molecule has 2 rings (SSSR count). The van der Waals surface area contributed by atoms with Gasteiger partial charge in [0.05, 0.1) is 0 Å². The van der Waals surface area contributed by atoms with Crippen LogP contribution in [0.2, 0.25) is 0 Å². The number of nitrogens with zero attached hydrogens (tertiary/aromatic N) is 2. The lowest BCUT2D eigenvalue weighted by Gasteiger charge is -2.13. The molecule has 20 heavy (non-hydrogen) atoms. The molecule has 0 saturated heterocycles. The Morgan fingerprint density at radius 3 is 2.75 bits per heavy atom. The Labute approximate surface area is 131 Å². The second kappa shape index (κ2) is 6.28. The van der Waals surface area contributed by atoms with Gasteiger partial charge < -0.3 is 10.5 Å². The van der Waals surface area contributed by atoms with Gasteiger partial charge in [0.2, 0.25) is 0 Å². The summed E-state index contributed by atoms with van der Waals surface area (Å²) in [5, 5.41) is 0. The van der Waals surface area contributed by atoms with Gasteiger partial charge in [-0.2, -0.15) is 4.98 Å². The summed E-state index contributed by atoms with van der Waals surface area (Å²) in [6.07, 6.45) is 1.57. The van der Waals surface area contributed by atoms with Gasteiger partial charge >= 0.3 is 6.01 Å². The van der Waals surface area contributed by atoms with Crippen LogP contribution in [0, 0.1) is 0 Å². The highest BCUT2D eigenvalue weighted by Crippen LogP contribution is 2.31. The van der Waals surface area contributed by atoms with Crippen molar-refractivity contribution in [2.75, 3.05) is 0 Å². The van der Waals surface area contributed by atoms with Gasteiger partial charge in [0.25, 0.3) is 0 Å². The lowest BCUT2D eigenvalue weighted by Crippen LogP contribution is -2.12. The fourth-order valence-electron chi connectivity index (χ4n) is 1.69. The third kappa shape index (κ3) is 3.52. The van der Waals surface area contributed by atoms with E-state index in [9.17, 15) is 0 Å². The molecule has 2 N–H and O–H groups in total. The summed E-state index contributed by atoms with van der Waals surface area (Å²) >= 11 is 8.36. The number of hydrogen-bond donors (Lipinski definition) is 1. The molecule has 0 aliphatic heterocycles. The molecular weight excluding hydrogens is 338 g/mol. The number of nitrogens with two attached hydrogens (primary N) is 1. The van der Waals surface area contributed by atoms with Crippen molar-refractivity contribution in [2.24, 2.45) is 5.73 Å². The van der Waals surface area contributed by atoms with Crippen molar-refractivity contribution in [3.8, 4) is 11.8 Å². The Bertz CT molecular complexity index is 646. The first kappa shape index (κ1) is 14.9. The zero-order chi connectivity index (χ0) is 14.7. The Morgan fingerprint density at radius 2 is 2.10 bits per heavy atom. The first-order valence-electron chi connectivity index (χ1n) is 6.07. The van der Waals surface area contributed by atoms with Crippen LogP contribution in [0.4, 0.5) is 0 Å². The van der Waals surface area contributed by atoms with Gasteiger partial charge in [-0.15, -0.1) is 0 Å². The van der Waals surface area contributed by atoms with E-state index in [0.717, 1.165) is 15.8 Å². The maximum atomic E-state index is 5.76. The minimum atomic E-state index is 0.220. The molecule has 0 bridgehead atoms. The second-order valence-electron chi connectivity index (χ2n) is 4.53. The molecule has 6 heteroatoms. The first-order valence-corrected chi connectivity index (χ1v) is 7.27. The summed E-state index contributed by atoms with van der Waals surface area (Å²) < 4.78 is 6.76. The molecule has 0 aliphatic rings. The van der Waals surface area contributed by atoms with Gasteiger partial charge in [0.1, 0.15) is 16.4 Å². The van der Waals surface area contributed by atoms with Crippen molar-refractivity contribution in [2.45, 2.75) is 19.8 Å². The Morgan fingerprint density at radius 1 is 1.35 bits per heavy atom. The SMILES string of the molecule is CC(C)c1cc(Br)ccc1Oc1nccc(C(N)=S)n1. The van der Waals surface area contributed by atoms with Gasteiger partial charge in [-0.05, 0) is 35.7 Å². The molecule has 0 amide bonds. The molecule has 2 aromatic rings. The molecule has 0 atom stereocenters. The Balaban J connectivity index is 2.35. The van der Waals surface area contributed by atoms with E-state index in [1.54, 1.807) is 12.3 Å². The summed E-state index contributed by atoms with van der Waals surface area (Å²) in [5.41, 5.74) is 7.12. The van der Waals surface area contributed by atoms with E-state index in [0.29, 0.717) is 11.6 Å². The molecule has 0 unspecified atom stereocenters. The monoisotopic (exact) mass is 351 g/mol. The van der Waals surface area contributed by atoms with Crippen LogP contribution in [0.5, 0.6) is 11.8 Å². The lowest BCUT2D eigenvalue weighted by molar-refractivity contribution is 0.434. The van der Waals surface area contributed by atoms with Crippen LogP contribution in [0.3, 0.4) is 0 Å². The summed E-state index contributed by atoms with van der Waals surface area (Å²) in [7, 11) is 0. The maximum Gasteiger partial charge on any atom is 0.322 e. The van der Waals surface area contributed by atoms with Gasteiger partial charge in [0, 0.05) is 10.7 Å². The van der Waals surface area contributed by atoms with Crippen LogP contribution in [0.1, 0.15) is 31.0 Å². The van der Waals surface area contributed by atoms with Gasteiger partial charge in [-0.1, -0.05) is 42.0 Å². The summed E-state index contributed by atoms with van der Waals surface area (Å²) in [4.78, 5) is 8.48. The molecule has 0 fully saturated rings. The topological polar surface area (TPSA) is 61.0 Å². The van der Waals surface area contributed by atoms with Crippen LogP contribution in [0.15, 0.2) is 34.9 Å². The van der Waals surface area contributed by atoms with Crippen molar-refractivity contribution in [3.63, 3.8) is 0 Å². The zero-order valence-corrected chi connectivity index (χ0v) is 13.5. The molecular formula is C14H14BrN3OS. The van der Waals surface area contributed by atoms with E-state index in [4.69, 9.17) is 22.7 Å². The minimum Gasteiger partial charge on any atom is -0.424 e. The largest absolute Gasteiger partial charge is 0.424 e. The van der Waals surface area contributed by atoms with E-state index < -0.39 is 0 Å². The van der Waals surface area contributed by atoms with Crippen LogP contribution >= 0.6 is 28.1 Å². The average Bonchev–Trinajstić information content (AvgIpc) is 2.41. The highest BCUT2D eigenvalue weighted by atomic mass is 79.9. The maximum absolute atomic E-state index is 5.76. The molecule has 0 aliphatic carbocycles. The molecule has 4 nitrogen and oxygen atoms in total. The molecule has 1 aromatic heterocycles. The molecule has 0 spiro atoms. The summed E-state index contributed by atoms with van der Waals surface area (Å²) in [5.74, 6) is 1.05. The van der Waals surface area contributed by atoms with Crippen molar-refractivity contribution in [3.05, 3.63) is 46.2 Å². The second-order valence-corrected chi connectivity index (χ2v) is 5.88. The lowest BCUT2D eigenvalue weighted by atomic mass is 10.0. The first-order chi connectivity index (χ1) is 9.47. The Kier molecular flexibility index (Phi) is 4.67. The van der Waals surface area contributed by atoms with Crippen LogP contribution in [-0.4, -0.2) is 15.0 Å². The quantitative estimate of drug-likeness (QED) is 0.849.